The lowest BCUT2D eigenvalue weighted by Gasteiger charge is -2.10. The summed E-state index contributed by atoms with van der Waals surface area (Å²) >= 11 is 0. The van der Waals surface area contributed by atoms with Crippen LogP contribution in [0.3, 0.4) is 0 Å². The summed E-state index contributed by atoms with van der Waals surface area (Å²) < 4.78 is 10.3. The van der Waals surface area contributed by atoms with E-state index in [9.17, 15) is 4.79 Å². The Morgan fingerprint density at radius 2 is 2.08 bits per heavy atom. The van der Waals surface area contributed by atoms with E-state index >= 15 is 0 Å². The summed E-state index contributed by atoms with van der Waals surface area (Å²) in [6, 6.07) is 6.79. The highest BCUT2D eigenvalue weighted by Gasteiger charge is 2.13. The summed E-state index contributed by atoms with van der Waals surface area (Å²) in [5.74, 6) is 0.896. The van der Waals surface area contributed by atoms with Gasteiger partial charge in [0, 0.05) is 19.2 Å². The summed E-state index contributed by atoms with van der Waals surface area (Å²) in [5.41, 5.74) is 7.48. The maximum atomic E-state index is 11.3. The van der Waals surface area contributed by atoms with E-state index in [4.69, 9.17) is 10.5 Å². The van der Waals surface area contributed by atoms with Gasteiger partial charge in [-0.3, -0.25) is 4.79 Å². The van der Waals surface area contributed by atoms with Crippen LogP contribution < -0.4 is 15.8 Å². The lowest BCUT2D eigenvalue weighted by molar-refractivity contribution is -0.142. The molecule has 6 heteroatoms. The molecule has 1 rings (SSSR count). The van der Waals surface area contributed by atoms with Crippen LogP contribution in [0.5, 0.6) is 5.75 Å². The number of benzene rings is 1. The Hall–Kier alpha value is -2.60. The molecule has 0 aliphatic heterocycles. The van der Waals surface area contributed by atoms with Gasteiger partial charge in [0.1, 0.15) is 17.6 Å². The number of ether oxygens (including phenoxy) is 2. The molecular formula is C18H25N3O3. The van der Waals surface area contributed by atoms with Crippen molar-refractivity contribution in [3.05, 3.63) is 54.9 Å². The predicted molar refractivity (Wildman–Crippen MR) is 96.1 cm³/mol. The number of hydrogen-bond acceptors (Lipinski definition) is 6. The summed E-state index contributed by atoms with van der Waals surface area (Å²) in [6.45, 7) is 7.95. The van der Waals surface area contributed by atoms with Gasteiger partial charge in [0.2, 0.25) is 0 Å². The van der Waals surface area contributed by atoms with Gasteiger partial charge in [0.25, 0.3) is 0 Å². The zero-order chi connectivity index (χ0) is 17.9. The molecule has 1 atom stereocenters. The summed E-state index contributed by atoms with van der Waals surface area (Å²) in [7, 11) is 3.09. The molecule has 6 nitrogen and oxygen atoms in total. The second-order valence-electron chi connectivity index (χ2n) is 5.08. The van der Waals surface area contributed by atoms with Crippen LogP contribution in [-0.2, 0) is 16.0 Å². The van der Waals surface area contributed by atoms with E-state index in [1.165, 1.54) is 7.11 Å². The summed E-state index contributed by atoms with van der Waals surface area (Å²) in [4.78, 5) is 15.6. The van der Waals surface area contributed by atoms with Gasteiger partial charge < -0.3 is 20.5 Å². The molecule has 0 aliphatic rings. The van der Waals surface area contributed by atoms with Crippen LogP contribution in [-0.4, -0.2) is 38.5 Å². The van der Waals surface area contributed by atoms with Crippen molar-refractivity contribution in [2.45, 2.75) is 18.9 Å². The molecule has 1 unspecified atom stereocenters. The number of carbonyl (C=O) groups is 1. The molecule has 0 aliphatic carbocycles. The van der Waals surface area contributed by atoms with E-state index in [0.717, 1.165) is 17.0 Å². The number of nitrogens with zero attached hydrogens (tertiary/aromatic N) is 1. The number of rotatable bonds is 10. The second-order valence-corrected chi connectivity index (χ2v) is 5.08. The van der Waals surface area contributed by atoms with Crippen LogP contribution in [0.1, 0.15) is 12.0 Å². The standard InChI is InChI=1S/C18H25N3O3/c1-5-15(21-13(2)20-3)10-11-24-16-8-6-14(7-9-16)12-17(19)18(22)23-4/h5-9,17,20H,1-2,10-12,19H2,3-4H3/b21-15+. The molecule has 0 heterocycles. The zero-order valence-electron chi connectivity index (χ0n) is 14.2. The molecule has 0 saturated carbocycles. The summed E-state index contributed by atoms with van der Waals surface area (Å²) in [6.07, 6.45) is 2.73. The number of nitrogens with two attached hydrogens (primary N) is 1. The van der Waals surface area contributed by atoms with E-state index in [2.05, 4.69) is 28.2 Å². The van der Waals surface area contributed by atoms with Gasteiger partial charge in [-0.25, -0.2) is 4.99 Å². The quantitative estimate of drug-likeness (QED) is 0.504. The minimum atomic E-state index is -0.659. The average molecular weight is 331 g/mol. The molecule has 0 amide bonds. The number of aliphatic imine (C=N–C) groups is 1. The second kappa shape index (κ2) is 10.2. The zero-order valence-corrected chi connectivity index (χ0v) is 14.2. The molecule has 0 radical (unpaired) electrons. The van der Waals surface area contributed by atoms with E-state index < -0.39 is 12.0 Å². The van der Waals surface area contributed by atoms with Crippen molar-refractivity contribution in [1.29, 1.82) is 0 Å². The fourth-order valence-corrected chi connectivity index (χ4v) is 1.92. The van der Waals surface area contributed by atoms with Crippen molar-refractivity contribution in [1.82, 2.24) is 5.32 Å². The number of allylic oxidation sites excluding steroid dienone is 1. The van der Waals surface area contributed by atoms with Crippen LogP contribution in [0.25, 0.3) is 0 Å². The van der Waals surface area contributed by atoms with Gasteiger partial charge >= 0.3 is 5.97 Å². The molecule has 0 aromatic heterocycles. The van der Waals surface area contributed by atoms with E-state index in [1.807, 2.05) is 24.3 Å². The largest absolute Gasteiger partial charge is 0.493 e. The third kappa shape index (κ3) is 6.66. The molecule has 0 saturated heterocycles. The van der Waals surface area contributed by atoms with Gasteiger partial charge in [-0.2, -0.15) is 0 Å². The first-order chi connectivity index (χ1) is 11.5. The first kappa shape index (κ1) is 19.4. The first-order valence-corrected chi connectivity index (χ1v) is 7.62. The van der Waals surface area contributed by atoms with E-state index in [-0.39, 0.29) is 0 Å². The van der Waals surface area contributed by atoms with Gasteiger partial charge in [0.15, 0.2) is 0 Å². The predicted octanol–water partition coefficient (Wildman–Crippen LogP) is 1.82. The molecule has 3 N–H and O–H groups in total. The summed E-state index contributed by atoms with van der Waals surface area (Å²) in [5, 5.41) is 2.86. The molecule has 130 valence electrons. The average Bonchev–Trinajstić information content (AvgIpc) is 2.61. The number of carbonyl (C=O) groups excluding carboxylic acids is 1. The van der Waals surface area contributed by atoms with Crippen LogP contribution in [0.15, 0.2) is 54.3 Å². The van der Waals surface area contributed by atoms with Crippen LogP contribution >= 0.6 is 0 Å². The number of nitrogens with one attached hydrogen (secondary N) is 1. The third-order valence-electron chi connectivity index (χ3n) is 3.31. The van der Waals surface area contributed by atoms with Crippen molar-refractivity contribution in [3.8, 4) is 5.75 Å². The van der Waals surface area contributed by atoms with Gasteiger partial charge in [-0.1, -0.05) is 25.3 Å². The van der Waals surface area contributed by atoms with Gasteiger partial charge in [0.05, 0.1) is 13.7 Å². The Balaban J connectivity index is 2.50. The van der Waals surface area contributed by atoms with Crippen LogP contribution in [0.2, 0.25) is 0 Å². The normalized spacial score (nSPS) is 12.2. The Bertz CT molecular complexity index is 594. The third-order valence-corrected chi connectivity index (χ3v) is 3.31. The number of esters is 1. The highest BCUT2D eigenvalue weighted by Crippen LogP contribution is 2.14. The Morgan fingerprint density at radius 3 is 2.62 bits per heavy atom. The molecule has 1 aromatic carbocycles. The fraction of sp³-hybridized carbons (Fsp3) is 0.333. The lowest BCUT2D eigenvalue weighted by Crippen LogP contribution is -2.33. The van der Waals surface area contributed by atoms with E-state index in [1.54, 1.807) is 13.1 Å². The Kier molecular flexibility index (Phi) is 8.29. The highest BCUT2D eigenvalue weighted by atomic mass is 16.5. The first-order valence-electron chi connectivity index (χ1n) is 7.62. The van der Waals surface area contributed by atoms with Crippen molar-refractivity contribution < 1.29 is 14.3 Å². The molecule has 0 bridgehead atoms. The minimum Gasteiger partial charge on any atom is -0.493 e. The molecule has 24 heavy (non-hydrogen) atoms. The van der Waals surface area contributed by atoms with Crippen LogP contribution in [0, 0.1) is 0 Å². The molecular weight excluding hydrogens is 306 g/mol. The van der Waals surface area contributed by atoms with Crippen molar-refractivity contribution in [2.75, 3.05) is 20.8 Å². The van der Waals surface area contributed by atoms with Crippen molar-refractivity contribution in [2.24, 2.45) is 10.7 Å². The topological polar surface area (TPSA) is 85.9 Å². The lowest BCUT2D eigenvalue weighted by atomic mass is 10.1. The minimum absolute atomic E-state index is 0.422. The monoisotopic (exact) mass is 331 g/mol. The van der Waals surface area contributed by atoms with Gasteiger partial charge in [-0.15, -0.1) is 0 Å². The van der Waals surface area contributed by atoms with Gasteiger partial charge in [-0.05, 0) is 30.2 Å². The maximum absolute atomic E-state index is 11.3. The number of methoxy groups -OCH3 is 1. The molecule has 1 aromatic rings. The fourth-order valence-electron chi connectivity index (χ4n) is 1.92. The SMILES string of the molecule is C=C/C(CCOc1ccc(CC(N)C(=O)OC)cc1)=N\C(=C)NC. The van der Waals surface area contributed by atoms with E-state index in [0.29, 0.717) is 25.3 Å². The molecule has 0 fully saturated rings. The van der Waals surface area contributed by atoms with Crippen molar-refractivity contribution >= 4 is 11.7 Å². The number of hydrogen-bond donors (Lipinski definition) is 2. The Morgan fingerprint density at radius 1 is 1.42 bits per heavy atom. The van der Waals surface area contributed by atoms with Crippen molar-refractivity contribution in [3.63, 3.8) is 0 Å². The molecule has 0 spiro atoms. The maximum Gasteiger partial charge on any atom is 0.322 e. The highest BCUT2D eigenvalue weighted by molar-refractivity contribution is 5.95. The van der Waals surface area contributed by atoms with Crippen LogP contribution in [0.4, 0.5) is 0 Å². The smallest absolute Gasteiger partial charge is 0.322 e. The Labute approximate surface area is 143 Å².